The number of alkyl carbamates (subject to hydrolysis) is 1. The molecule has 1 aromatic rings. The Kier molecular flexibility index (Phi) is 6.21. The van der Waals surface area contributed by atoms with Crippen LogP contribution in [0.5, 0.6) is 0 Å². The first-order valence-corrected chi connectivity index (χ1v) is 7.99. The molecule has 0 bridgehead atoms. The highest BCUT2D eigenvalue weighted by Gasteiger charge is 2.27. The van der Waals surface area contributed by atoms with Gasteiger partial charge in [-0.1, -0.05) is 43.0 Å². The van der Waals surface area contributed by atoms with Gasteiger partial charge in [-0.2, -0.15) is 0 Å². The molecule has 0 aliphatic carbocycles. The van der Waals surface area contributed by atoms with E-state index in [4.69, 9.17) is 4.74 Å². The van der Waals surface area contributed by atoms with E-state index in [0.29, 0.717) is 18.0 Å². The van der Waals surface area contributed by atoms with E-state index >= 15 is 0 Å². The molecule has 1 aliphatic rings. The summed E-state index contributed by atoms with van der Waals surface area (Å²) in [6, 6.07) is 8.86. The van der Waals surface area contributed by atoms with E-state index in [9.17, 15) is 9.59 Å². The van der Waals surface area contributed by atoms with Crippen molar-refractivity contribution in [3.05, 3.63) is 48.6 Å². The molecule has 6 heteroatoms. The first-order valence-electron chi connectivity index (χ1n) is 7.00. The van der Waals surface area contributed by atoms with Crippen LogP contribution >= 0.6 is 11.8 Å². The number of ketones is 1. The molecule has 1 aromatic carbocycles. The Labute approximate surface area is 133 Å². The number of Topliss-reactive ketones (excluding diaryl/α,β-unsaturated/α-hetero) is 1. The van der Waals surface area contributed by atoms with Crippen LogP contribution in [-0.4, -0.2) is 41.9 Å². The number of rotatable bonds is 7. The zero-order chi connectivity index (χ0) is 15.8. The molecule has 1 heterocycles. The molecule has 5 nitrogen and oxygen atoms in total. The molecular formula is C16H18N2O3S. The lowest BCUT2D eigenvalue weighted by Gasteiger charge is -2.17. The van der Waals surface area contributed by atoms with Gasteiger partial charge in [-0.25, -0.2) is 4.79 Å². The first kappa shape index (κ1) is 16.3. The van der Waals surface area contributed by atoms with Crippen LogP contribution in [0.4, 0.5) is 4.79 Å². The number of benzene rings is 1. The summed E-state index contributed by atoms with van der Waals surface area (Å²) < 4.78 is 4.91. The highest BCUT2D eigenvalue weighted by Crippen LogP contribution is 2.15. The van der Waals surface area contributed by atoms with Crippen molar-refractivity contribution in [2.24, 2.45) is 4.99 Å². The average molecular weight is 318 g/mol. The zero-order valence-corrected chi connectivity index (χ0v) is 13.0. The van der Waals surface area contributed by atoms with Crippen LogP contribution in [0, 0.1) is 0 Å². The second-order valence-electron chi connectivity index (χ2n) is 4.67. The molecule has 0 saturated carbocycles. The van der Waals surface area contributed by atoms with E-state index in [0.717, 1.165) is 11.3 Å². The van der Waals surface area contributed by atoms with Crippen molar-refractivity contribution < 1.29 is 14.3 Å². The fraction of sp³-hybridized carbons (Fsp3) is 0.312. The number of hydrogen-bond acceptors (Lipinski definition) is 5. The number of amides is 1. The van der Waals surface area contributed by atoms with Gasteiger partial charge in [0.25, 0.3) is 0 Å². The number of nitrogens with zero attached hydrogens (tertiary/aromatic N) is 1. The summed E-state index contributed by atoms with van der Waals surface area (Å²) in [5, 5.41) is 3.10. The van der Waals surface area contributed by atoms with Crippen LogP contribution in [0.3, 0.4) is 0 Å². The molecule has 1 aliphatic heterocycles. The number of thioether (sulfide) groups is 1. The Bertz CT molecular complexity index is 572. The molecule has 1 amide bonds. The van der Waals surface area contributed by atoms with Crippen LogP contribution in [0.25, 0.3) is 0 Å². The van der Waals surface area contributed by atoms with Gasteiger partial charge >= 0.3 is 6.09 Å². The summed E-state index contributed by atoms with van der Waals surface area (Å²) in [5.41, 5.74) is 0.966. The van der Waals surface area contributed by atoms with E-state index < -0.39 is 12.1 Å². The fourth-order valence-electron chi connectivity index (χ4n) is 2.01. The maximum atomic E-state index is 12.5. The molecule has 0 saturated heterocycles. The van der Waals surface area contributed by atoms with Crippen molar-refractivity contribution in [1.29, 1.82) is 0 Å². The summed E-state index contributed by atoms with van der Waals surface area (Å²) >= 11 is 1.43. The predicted octanol–water partition coefficient (Wildman–Crippen LogP) is 2.22. The third-order valence-corrected chi connectivity index (χ3v) is 4.01. The highest BCUT2D eigenvalue weighted by atomic mass is 32.2. The Morgan fingerprint density at radius 2 is 2.18 bits per heavy atom. The van der Waals surface area contributed by atoms with Crippen LogP contribution in [0.2, 0.25) is 0 Å². The van der Waals surface area contributed by atoms with E-state index in [1.54, 1.807) is 0 Å². The van der Waals surface area contributed by atoms with E-state index in [1.807, 2.05) is 30.3 Å². The van der Waals surface area contributed by atoms with Crippen molar-refractivity contribution in [2.45, 2.75) is 12.5 Å². The van der Waals surface area contributed by atoms with E-state index in [1.165, 1.54) is 17.8 Å². The molecule has 0 fully saturated rings. The van der Waals surface area contributed by atoms with Gasteiger partial charge in [-0.15, -0.1) is 11.8 Å². The highest BCUT2D eigenvalue weighted by molar-refractivity contribution is 8.16. The lowest BCUT2D eigenvalue weighted by atomic mass is 10.0. The maximum Gasteiger partial charge on any atom is 0.408 e. The lowest BCUT2D eigenvalue weighted by molar-refractivity contribution is -0.114. The largest absolute Gasteiger partial charge is 0.445 e. The fourth-order valence-corrected chi connectivity index (χ4v) is 2.85. The van der Waals surface area contributed by atoms with E-state index in [2.05, 4.69) is 16.9 Å². The average Bonchev–Trinajstić information content (AvgIpc) is 3.07. The second kappa shape index (κ2) is 8.38. The second-order valence-corrected chi connectivity index (χ2v) is 5.76. The van der Waals surface area contributed by atoms with E-state index in [-0.39, 0.29) is 12.4 Å². The van der Waals surface area contributed by atoms with Gasteiger partial charge in [-0.3, -0.25) is 9.79 Å². The smallest absolute Gasteiger partial charge is 0.408 e. The normalized spacial score (nSPS) is 14.8. The minimum atomic E-state index is -0.677. The standard InChI is InChI=1S/C16H18N2O3S/c1-2-9-21-16(20)18-13(11-12-6-4-3-5-7-12)14(19)15-17-8-10-22-15/h2-7,13H,1,8-11H2,(H,18,20)/t13-/m0/s1. The Morgan fingerprint density at radius 3 is 2.82 bits per heavy atom. The van der Waals surface area contributed by atoms with Crippen LogP contribution < -0.4 is 5.32 Å². The number of carbonyl (C=O) groups is 2. The monoisotopic (exact) mass is 318 g/mol. The topological polar surface area (TPSA) is 67.8 Å². The number of hydrogen-bond donors (Lipinski definition) is 1. The SMILES string of the molecule is C=CCOC(=O)N[C@@H](Cc1ccccc1)C(=O)C1=NCCS1. The summed E-state index contributed by atoms with van der Waals surface area (Å²) in [6.07, 6.45) is 1.25. The Balaban J connectivity index is 2.07. The van der Waals surface area contributed by atoms with Crippen molar-refractivity contribution in [3.8, 4) is 0 Å². The minimum absolute atomic E-state index is 0.105. The lowest BCUT2D eigenvalue weighted by Crippen LogP contribution is -2.44. The summed E-state index contributed by atoms with van der Waals surface area (Å²) in [5.74, 6) is 0.641. The molecule has 0 spiro atoms. The van der Waals surface area contributed by atoms with Crippen LogP contribution in [0.1, 0.15) is 5.56 Å². The molecule has 1 N–H and O–H groups in total. The zero-order valence-electron chi connectivity index (χ0n) is 12.2. The van der Waals surface area contributed by atoms with Crippen molar-refractivity contribution in [2.75, 3.05) is 18.9 Å². The Hall–Kier alpha value is -2.08. The van der Waals surface area contributed by atoms with Gasteiger partial charge in [0.15, 0.2) is 0 Å². The minimum Gasteiger partial charge on any atom is -0.445 e. The van der Waals surface area contributed by atoms with Gasteiger partial charge in [0.2, 0.25) is 5.78 Å². The van der Waals surface area contributed by atoms with Gasteiger partial charge < -0.3 is 10.1 Å². The molecule has 22 heavy (non-hydrogen) atoms. The van der Waals surface area contributed by atoms with Gasteiger partial charge in [0, 0.05) is 18.7 Å². The number of carbonyl (C=O) groups excluding carboxylic acids is 2. The van der Waals surface area contributed by atoms with Gasteiger partial charge in [0.05, 0.1) is 0 Å². The van der Waals surface area contributed by atoms with Crippen LogP contribution in [-0.2, 0) is 16.0 Å². The maximum absolute atomic E-state index is 12.5. The quantitative estimate of drug-likeness (QED) is 0.783. The Morgan fingerprint density at radius 1 is 1.41 bits per heavy atom. The molecule has 0 aromatic heterocycles. The molecule has 116 valence electrons. The van der Waals surface area contributed by atoms with Crippen molar-refractivity contribution >= 4 is 28.7 Å². The molecule has 2 rings (SSSR count). The molecule has 1 atom stereocenters. The third-order valence-electron chi connectivity index (χ3n) is 3.02. The third kappa shape index (κ3) is 4.73. The number of ether oxygens (including phenoxy) is 1. The van der Waals surface area contributed by atoms with Crippen LogP contribution in [0.15, 0.2) is 48.0 Å². The predicted molar refractivity (Wildman–Crippen MR) is 88.4 cm³/mol. The number of aliphatic imine (C=N–C) groups is 1. The van der Waals surface area contributed by atoms with Crippen molar-refractivity contribution in [1.82, 2.24) is 5.32 Å². The molecular weight excluding hydrogens is 300 g/mol. The summed E-state index contributed by atoms with van der Waals surface area (Å²) in [7, 11) is 0. The summed E-state index contributed by atoms with van der Waals surface area (Å²) in [6.45, 7) is 4.23. The molecule has 0 radical (unpaired) electrons. The van der Waals surface area contributed by atoms with Gasteiger partial charge in [-0.05, 0) is 5.56 Å². The first-order chi connectivity index (χ1) is 10.7. The number of nitrogens with one attached hydrogen (secondary N) is 1. The van der Waals surface area contributed by atoms with Crippen molar-refractivity contribution in [3.63, 3.8) is 0 Å². The summed E-state index contributed by atoms with van der Waals surface area (Å²) in [4.78, 5) is 28.4. The molecule has 0 unspecified atom stereocenters. The van der Waals surface area contributed by atoms with Gasteiger partial charge in [0.1, 0.15) is 17.7 Å².